The fourth-order valence-electron chi connectivity index (χ4n) is 2.56. The van der Waals surface area contributed by atoms with Gasteiger partial charge in [-0.05, 0) is 83.5 Å². The van der Waals surface area contributed by atoms with E-state index in [4.69, 9.17) is 15.6 Å². The second-order valence-electron chi connectivity index (χ2n) is 6.65. The van der Waals surface area contributed by atoms with Crippen LogP contribution in [0.3, 0.4) is 0 Å². The summed E-state index contributed by atoms with van der Waals surface area (Å²) in [5.41, 5.74) is 5.97. The maximum absolute atomic E-state index is 13.0. The number of benzene rings is 2. The fraction of sp³-hybridized carbons (Fsp3) is 0.200. The number of aromatic hydroxyl groups is 1. The number of hydrogen-bond acceptors (Lipinski definition) is 7. The molecule has 0 saturated heterocycles. The average Bonchev–Trinajstić information content (AvgIpc) is 3.10. The quantitative estimate of drug-likeness (QED) is 0.177. The highest BCUT2D eigenvalue weighted by molar-refractivity contribution is 14.1. The van der Waals surface area contributed by atoms with Crippen LogP contribution in [0.1, 0.15) is 18.1 Å². The molecule has 0 aliphatic carbocycles. The first kappa shape index (κ1) is 24.1. The van der Waals surface area contributed by atoms with Crippen molar-refractivity contribution in [3.8, 4) is 17.4 Å². The van der Waals surface area contributed by atoms with Crippen LogP contribution in [-0.2, 0) is 6.18 Å². The highest BCUT2D eigenvalue weighted by Gasteiger charge is 2.31. The Hall–Kier alpha value is -2.58. The van der Waals surface area contributed by atoms with Crippen LogP contribution in [-0.4, -0.2) is 33.1 Å². The Balaban J connectivity index is 1.78. The summed E-state index contributed by atoms with van der Waals surface area (Å²) in [6.07, 6.45) is -4.46. The van der Waals surface area contributed by atoms with E-state index in [0.717, 1.165) is 23.7 Å². The van der Waals surface area contributed by atoms with Crippen molar-refractivity contribution in [2.75, 3.05) is 11.9 Å². The van der Waals surface area contributed by atoms with Gasteiger partial charge in [0.25, 0.3) is 0 Å². The Bertz CT molecular complexity index is 1120. The molecule has 12 heteroatoms. The number of halogens is 4. The van der Waals surface area contributed by atoms with Crippen molar-refractivity contribution < 1.29 is 28.1 Å². The molecule has 3 aromatic rings. The normalized spacial score (nSPS) is 13.1. The number of amidine groups is 1. The van der Waals surface area contributed by atoms with Gasteiger partial charge in [-0.25, -0.2) is 0 Å². The number of aromatic nitrogens is 1. The van der Waals surface area contributed by atoms with Crippen LogP contribution in [0, 0.1) is 3.57 Å². The van der Waals surface area contributed by atoms with E-state index in [9.17, 15) is 18.3 Å². The molecule has 0 aliphatic rings. The molecule has 7 nitrogen and oxygen atoms in total. The summed E-state index contributed by atoms with van der Waals surface area (Å²) in [6.45, 7) is 1.47. The number of nitrogens with zero attached hydrogens (tertiary/aromatic N) is 2. The smallest absolute Gasteiger partial charge is 0.416 e. The number of aliphatic hydroxyl groups excluding tert-OH is 1. The number of nitrogens with two attached hydrogens (primary N) is 1. The van der Waals surface area contributed by atoms with Crippen LogP contribution < -0.4 is 15.8 Å². The molecule has 0 fully saturated rings. The lowest BCUT2D eigenvalue weighted by Gasteiger charge is -2.12. The molecule has 0 saturated carbocycles. The largest absolute Gasteiger partial charge is 0.492 e. The Labute approximate surface area is 199 Å². The van der Waals surface area contributed by atoms with Crippen LogP contribution in [0.5, 0.6) is 17.4 Å². The summed E-state index contributed by atoms with van der Waals surface area (Å²) >= 11 is 2.88. The lowest BCUT2D eigenvalue weighted by Crippen LogP contribution is -2.19. The third-order valence-corrected chi connectivity index (χ3v) is 5.80. The molecule has 0 amide bonds. The van der Waals surface area contributed by atoms with Crippen molar-refractivity contribution in [2.45, 2.75) is 19.1 Å². The average molecular weight is 578 g/mol. The van der Waals surface area contributed by atoms with Crippen molar-refractivity contribution in [3.05, 3.63) is 57.2 Å². The zero-order chi connectivity index (χ0) is 23.5. The van der Waals surface area contributed by atoms with E-state index >= 15 is 0 Å². The van der Waals surface area contributed by atoms with Crippen LogP contribution in [0.15, 0.2) is 47.5 Å². The van der Waals surface area contributed by atoms with E-state index in [1.807, 2.05) is 22.6 Å². The van der Waals surface area contributed by atoms with E-state index in [1.54, 1.807) is 31.2 Å². The van der Waals surface area contributed by atoms with Crippen LogP contribution in [0.2, 0.25) is 0 Å². The van der Waals surface area contributed by atoms with Crippen molar-refractivity contribution in [3.63, 3.8) is 0 Å². The molecule has 1 heterocycles. The van der Waals surface area contributed by atoms with Crippen LogP contribution in [0.4, 0.5) is 23.9 Å². The first-order valence-electron chi connectivity index (χ1n) is 9.13. The third-order valence-electron chi connectivity index (χ3n) is 4.15. The van der Waals surface area contributed by atoms with Crippen molar-refractivity contribution in [1.82, 2.24) is 4.37 Å². The lowest BCUT2D eigenvalue weighted by atomic mass is 10.2. The molecule has 0 bridgehead atoms. The molecular weight excluding hydrogens is 560 g/mol. The van der Waals surface area contributed by atoms with Gasteiger partial charge in [0, 0.05) is 5.69 Å². The molecule has 1 atom stereocenters. The van der Waals surface area contributed by atoms with E-state index in [-0.39, 0.29) is 29.6 Å². The lowest BCUT2D eigenvalue weighted by molar-refractivity contribution is -0.137. The summed E-state index contributed by atoms with van der Waals surface area (Å²) in [6, 6.07) is 9.33. The maximum atomic E-state index is 13.0. The van der Waals surface area contributed by atoms with E-state index in [0.29, 0.717) is 20.0 Å². The van der Waals surface area contributed by atoms with Crippen LogP contribution >= 0.6 is 34.1 Å². The number of aliphatic hydroxyl groups is 1. The number of nitrogens with one attached hydrogen (secondary N) is 1. The number of alkyl halides is 3. The van der Waals surface area contributed by atoms with Gasteiger partial charge in [-0.1, -0.05) is 0 Å². The van der Waals surface area contributed by atoms with E-state index in [1.165, 1.54) is 6.07 Å². The van der Waals surface area contributed by atoms with Gasteiger partial charge in [-0.15, -0.1) is 0 Å². The first-order valence-corrected chi connectivity index (χ1v) is 11.0. The van der Waals surface area contributed by atoms with Gasteiger partial charge >= 0.3 is 6.18 Å². The van der Waals surface area contributed by atoms with Gasteiger partial charge in [-0.2, -0.15) is 17.5 Å². The summed E-state index contributed by atoms with van der Waals surface area (Å²) in [5, 5.41) is 22.7. The Kier molecular flexibility index (Phi) is 7.46. The van der Waals surface area contributed by atoms with E-state index < -0.39 is 17.8 Å². The number of aliphatic imine (C=N–C) groups is 1. The minimum atomic E-state index is -4.46. The van der Waals surface area contributed by atoms with Gasteiger partial charge < -0.3 is 26.0 Å². The number of anilines is 2. The molecule has 2 aromatic carbocycles. The fourth-order valence-corrected chi connectivity index (χ4v) is 3.73. The molecule has 32 heavy (non-hydrogen) atoms. The summed E-state index contributed by atoms with van der Waals surface area (Å²) < 4.78 is 48.9. The van der Waals surface area contributed by atoms with Crippen molar-refractivity contribution in [2.24, 2.45) is 10.7 Å². The Morgan fingerprint density at radius 3 is 2.59 bits per heavy atom. The molecule has 0 aliphatic heterocycles. The predicted molar refractivity (Wildman–Crippen MR) is 125 cm³/mol. The molecule has 3 rings (SSSR count). The standard InChI is InChI=1S/C20H18F3IN4O3S/c1-10(9-29)26-17(25)16-18(30)28-32-19(16)27-12-3-5-13(6-4-12)31-15-8-11(20(21,22)23)2-7-14(15)24/h2-8,10,27,29H,9H2,1H3,(H2,25,26)(H,28,30). The second-order valence-corrected chi connectivity index (χ2v) is 8.59. The predicted octanol–water partition coefficient (Wildman–Crippen LogP) is 5.09. The molecule has 1 aromatic heterocycles. The highest BCUT2D eigenvalue weighted by atomic mass is 127. The Morgan fingerprint density at radius 2 is 1.97 bits per heavy atom. The number of hydrogen-bond donors (Lipinski definition) is 4. The Morgan fingerprint density at radius 1 is 1.28 bits per heavy atom. The monoisotopic (exact) mass is 578 g/mol. The summed E-state index contributed by atoms with van der Waals surface area (Å²) in [5.74, 6) is 0.179. The van der Waals surface area contributed by atoms with Crippen LogP contribution in [0.25, 0.3) is 0 Å². The van der Waals surface area contributed by atoms with E-state index in [2.05, 4.69) is 14.7 Å². The maximum Gasteiger partial charge on any atom is 0.416 e. The first-order chi connectivity index (χ1) is 15.1. The second kappa shape index (κ2) is 9.92. The van der Waals surface area contributed by atoms with Gasteiger partial charge in [-0.3, -0.25) is 4.99 Å². The number of rotatable bonds is 7. The zero-order valence-electron chi connectivity index (χ0n) is 16.5. The molecule has 0 radical (unpaired) electrons. The van der Waals surface area contributed by atoms with Gasteiger partial charge in [0.2, 0.25) is 5.88 Å². The minimum Gasteiger partial charge on any atom is -0.492 e. The molecular formula is C20H18F3IN4O3S. The summed E-state index contributed by atoms with van der Waals surface area (Å²) in [4.78, 5) is 4.10. The highest BCUT2D eigenvalue weighted by Crippen LogP contribution is 2.36. The van der Waals surface area contributed by atoms with Gasteiger partial charge in [0.1, 0.15) is 27.9 Å². The molecule has 0 spiro atoms. The van der Waals surface area contributed by atoms with Crippen molar-refractivity contribution >= 4 is 50.6 Å². The van der Waals surface area contributed by atoms with Gasteiger partial charge in [0.15, 0.2) is 0 Å². The topological polar surface area (TPSA) is 113 Å². The minimum absolute atomic E-state index is 0.0272. The third kappa shape index (κ3) is 5.81. The molecule has 1 unspecified atom stereocenters. The molecule has 170 valence electrons. The number of ether oxygens (including phenoxy) is 1. The zero-order valence-corrected chi connectivity index (χ0v) is 19.5. The van der Waals surface area contributed by atoms with Crippen molar-refractivity contribution in [1.29, 1.82) is 0 Å². The SMILES string of the molecule is CC(CO)/N=C(\N)c1c(O)nsc1Nc1ccc(Oc2cc(C(F)(F)F)ccc2I)cc1. The van der Waals surface area contributed by atoms with Gasteiger partial charge in [0.05, 0.1) is 21.8 Å². The summed E-state index contributed by atoms with van der Waals surface area (Å²) in [7, 11) is 0. The molecule has 5 N–H and O–H groups in total.